The molecule has 0 saturated heterocycles. The molecule has 21 heavy (non-hydrogen) atoms. The van der Waals surface area contributed by atoms with Crippen molar-refractivity contribution in [2.24, 2.45) is 0 Å². The molecule has 0 aromatic heterocycles. The van der Waals surface area contributed by atoms with Gasteiger partial charge in [-0.05, 0) is 60.4 Å². The zero-order valence-electron chi connectivity index (χ0n) is 12.5. The van der Waals surface area contributed by atoms with Crippen molar-refractivity contribution in [2.75, 3.05) is 14.2 Å². The minimum atomic E-state index is 0.106. The molecule has 4 heteroatoms. The molecule has 0 heterocycles. The maximum atomic E-state index is 5.42. The molecule has 0 fully saturated rings. The average Bonchev–Trinajstić information content (AvgIpc) is 2.48. The first-order valence-corrected chi connectivity index (χ1v) is 8.31. The fraction of sp³-hybridized carbons (Fsp3) is 0.294. The second-order valence-electron chi connectivity index (χ2n) is 4.93. The van der Waals surface area contributed by atoms with Gasteiger partial charge < -0.3 is 9.47 Å². The van der Waals surface area contributed by atoms with Gasteiger partial charge in [0.15, 0.2) is 11.5 Å². The quantitative estimate of drug-likeness (QED) is 0.610. The van der Waals surface area contributed by atoms with E-state index in [9.17, 15) is 0 Å². The van der Waals surface area contributed by atoms with Crippen molar-refractivity contribution in [3.8, 4) is 11.5 Å². The smallest absolute Gasteiger partial charge is 0.161 e. The third-order valence-electron chi connectivity index (χ3n) is 3.56. The molecule has 0 spiro atoms. The number of alkyl halides is 1. The van der Waals surface area contributed by atoms with Gasteiger partial charge in [-0.2, -0.15) is 0 Å². The summed E-state index contributed by atoms with van der Waals surface area (Å²) in [5.41, 5.74) is 4.82. The monoisotopic (exact) mass is 412 g/mol. The van der Waals surface area contributed by atoms with Crippen molar-refractivity contribution in [2.45, 2.75) is 18.7 Å². The molecular formula is C17H18Br2O2. The molecule has 0 N–H and O–H groups in total. The average molecular weight is 414 g/mol. The van der Waals surface area contributed by atoms with Crippen LogP contribution < -0.4 is 9.47 Å². The molecule has 2 rings (SSSR count). The largest absolute Gasteiger partial charge is 0.493 e. The Balaban J connectivity index is 2.52. The first kappa shape index (κ1) is 16.4. The van der Waals surface area contributed by atoms with Gasteiger partial charge in [0.2, 0.25) is 0 Å². The minimum Gasteiger partial charge on any atom is -0.493 e. The molecule has 0 aliphatic rings. The number of hydrogen-bond acceptors (Lipinski definition) is 2. The van der Waals surface area contributed by atoms with Gasteiger partial charge in [0, 0.05) is 4.47 Å². The van der Waals surface area contributed by atoms with Gasteiger partial charge in [0.1, 0.15) is 0 Å². The van der Waals surface area contributed by atoms with Crippen molar-refractivity contribution >= 4 is 31.9 Å². The highest BCUT2D eigenvalue weighted by Crippen LogP contribution is 2.40. The lowest BCUT2D eigenvalue weighted by molar-refractivity contribution is 0.354. The van der Waals surface area contributed by atoms with Crippen LogP contribution in [0.1, 0.15) is 27.1 Å². The van der Waals surface area contributed by atoms with Gasteiger partial charge >= 0.3 is 0 Å². The van der Waals surface area contributed by atoms with E-state index >= 15 is 0 Å². The van der Waals surface area contributed by atoms with E-state index in [1.165, 1.54) is 16.7 Å². The zero-order chi connectivity index (χ0) is 15.6. The molecule has 2 aromatic carbocycles. The van der Waals surface area contributed by atoms with Crippen molar-refractivity contribution in [3.63, 3.8) is 0 Å². The predicted octanol–water partition coefficient (Wildman–Crippen LogP) is 5.57. The van der Waals surface area contributed by atoms with Crippen LogP contribution in [0.4, 0.5) is 0 Å². The second-order valence-corrected chi connectivity index (χ2v) is 6.76. The summed E-state index contributed by atoms with van der Waals surface area (Å²) in [6.07, 6.45) is 0. The number of ether oxygens (including phenoxy) is 2. The summed E-state index contributed by atoms with van der Waals surface area (Å²) >= 11 is 7.36. The maximum Gasteiger partial charge on any atom is 0.161 e. The van der Waals surface area contributed by atoms with Gasteiger partial charge in [-0.3, -0.25) is 0 Å². The van der Waals surface area contributed by atoms with Crippen LogP contribution in [0.25, 0.3) is 0 Å². The number of aryl methyl sites for hydroxylation is 2. The number of rotatable bonds is 4. The lowest BCUT2D eigenvalue weighted by atomic mass is 9.97. The molecule has 2 aromatic rings. The lowest BCUT2D eigenvalue weighted by Gasteiger charge is -2.19. The van der Waals surface area contributed by atoms with Crippen LogP contribution in [0.3, 0.4) is 0 Å². The first-order valence-electron chi connectivity index (χ1n) is 6.60. The van der Waals surface area contributed by atoms with Crippen LogP contribution in [0.15, 0.2) is 34.8 Å². The minimum absolute atomic E-state index is 0.106. The molecule has 0 aliphatic heterocycles. The van der Waals surface area contributed by atoms with Gasteiger partial charge in [0.05, 0.1) is 19.0 Å². The molecule has 0 aliphatic carbocycles. The summed E-state index contributed by atoms with van der Waals surface area (Å²) in [4.78, 5) is 0.106. The molecular weight excluding hydrogens is 396 g/mol. The Hall–Kier alpha value is -1.00. The van der Waals surface area contributed by atoms with Crippen molar-refractivity contribution in [1.29, 1.82) is 0 Å². The molecule has 0 amide bonds. The Morgan fingerprint density at radius 3 is 2.05 bits per heavy atom. The highest BCUT2D eigenvalue weighted by atomic mass is 79.9. The van der Waals surface area contributed by atoms with Crippen molar-refractivity contribution in [3.05, 3.63) is 57.1 Å². The summed E-state index contributed by atoms with van der Waals surface area (Å²) in [6, 6.07) is 10.4. The Morgan fingerprint density at radius 2 is 1.43 bits per heavy atom. The summed E-state index contributed by atoms with van der Waals surface area (Å²) in [5.74, 6) is 1.50. The van der Waals surface area contributed by atoms with Crippen LogP contribution in [0.2, 0.25) is 0 Å². The van der Waals surface area contributed by atoms with Gasteiger partial charge in [-0.1, -0.05) is 37.9 Å². The van der Waals surface area contributed by atoms with Crippen LogP contribution in [0.5, 0.6) is 11.5 Å². The normalized spacial score (nSPS) is 12.1. The van der Waals surface area contributed by atoms with Crippen LogP contribution in [0, 0.1) is 13.8 Å². The van der Waals surface area contributed by atoms with Gasteiger partial charge in [0.25, 0.3) is 0 Å². The second kappa shape index (κ2) is 6.84. The summed E-state index contributed by atoms with van der Waals surface area (Å²) in [7, 11) is 3.31. The van der Waals surface area contributed by atoms with E-state index in [0.717, 1.165) is 21.5 Å². The molecule has 0 radical (unpaired) electrons. The number of halogens is 2. The highest BCUT2D eigenvalue weighted by Gasteiger charge is 2.18. The Bertz CT molecular complexity index is 653. The number of hydrogen-bond donors (Lipinski definition) is 0. The Labute approximate surface area is 142 Å². The zero-order valence-corrected chi connectivity index (χ0v) is 15.7. The summed E-state index contributed by atoms with van der Waals surface area (Å²) in [5, 5.41) is 0. The van der Waals surface area contributed by atoms with Crippen molar-refractivity contribution < 1.29 is 9.47 Å². The topological polar surface area (TPSA) is 18.5 Å². The fourth-order valence-corrected chi connectivity index (χ4v) is 3.69. The number of benzene rings is 2. The highest BCUT2D eigenvalue weighted by molar-refractivity contribution is 9.10. The first-order chi connectivity index (χ1) is 9.97. The molecule has 1 atom stereocenters. The van der Waals surface area contributed by atoms with Crippen LogP contribution in [-0.4, -0.2) is 14.2 Å². The van der Waals surface area contributed by atoms with E-state index in [4.69, 9.17) is 9.47 Å². The SMILES string of the molecule is COc1cc(C)c(C(Br)c2cc(Br)ccc2C)cc1OC. The van der Waals surface area contributed by atoms with Gasteiger partial charge in [-0.25, -0.2) is 0 Å². The van der Waals surface area contributed by atoms with Crippen molar-refractivity contribution in [1.82, 2.24) is 0 Å². The maximum absolute atomic E-state index is 5.42. The van der Waals surface area contributed by atoms with Crippen LogP contribution in [-0.2, 0) is 0 Å². The van der Waals surface area contributed by atoms with E-state index in [0.29, 0.717) is 0 Å². The Kier molecular flexibility index (Phi) is 5.33. The van der Waals surface area contributed by atoms with E-state index in [1.54, 1.807) is 14.2 Å². The Morgan fingerprint density at radius 1 is 0.857 bits per heavy atom. The lowest BCUT2D eigenvalue weighted by Crippen LogP contribution is -2.01. The van der Waals surface area contributed by atoms with E-state index < -0.39 is 0 Å². The fourth-order valence-electron chi connectivity index (χ4n) is 2.32. The molecule has 0 saturated carbocycles. The van der Waals surface area contributed by atoms with Gasteiger partial charge in [-0.15, -0.1) is 0 Å². The third-order valence-corrected chi connectivity index (χ3v) is 5.04. The predicted molar refractivity (Wildman–Crippen MR) is 93.9 cm³/mol. The molecule has 2 nitrogen and oxygen atoms in total. The number of methoxy groups -OCH3 is 2. The molecule has 112 valence electrons. The van der Waals surface area contributed by atoms with E-state index in [1.807, 2.05) is 12.1 Å². The summed E-state index contributed by atoms with van der Waals surface area (Å²) < 4.78 is 11.8. The third kappa shape index (κ3) is 3.43. The molecule has 0 bridgehead atoms. The molecule has 1 unspecified atom stereocenters. The van der Waals surface area contributed by atoms with E-state index in [-0.39, 0.29) is 4.83 Å². The summed E-state index contributed by atoms with van der Waals surface area (Å²) in [6.45, 7) is 4.20. The van der Waals surface area contributed by atoms with E-state index in [2.05, 4.69) is 63.9 Å². The van der Waals surface area contributed by atoms with Crippen LogP contribution >= 0.6 is 31.9 Å². The standard InChI is InChI=1S/C17H18Br2O2/c1-10-5-6-12(18)8-13(10)17(19)14-9-16(21-4)15(20-3)7-11(14)2/h5-9,17H,1-4H3.